The van der Waals surface area contributed by atoms with Gasteiger partial charge in [-0.05, 0) is 12.8 Å². The highest BCUT2D eigenvalue weighted by atomic mass is 16.4. The van der Waals surface area contributed by atoms with Crippen LogP contribution in [0.5, 0.6) is 0 Å². The maximum atomic E-state index is 10.5. The van der Waals surface area contributed by atoms with E-state index in [0.29, 0.717) is 25.9 Å². The lowest BCUT2D eigenvalue weighted by Gasteiger charge is -2.28. The summed E-state index contributed by atoms with van der Waals surface area (Å²) < 4.78 is 0. The first-order valence-electron chi connectivity index (χ1n) is 4.10. The minimum Gasteiger partial charge on any atom is -0.465 e. The van der Waals surface area contributed by atoms with Crippen molar-refractivity contribution < 1.29 is 15.1 Å². The molecule has 0 bridgehead atoms. The molecule has 0 saturated carbocycles. The second-order valence-electron chi connectivity index (χ2n) is 3.07. The van der Waals surface area contributed by atoms with Crippen LogP contribution in [-0.4, -0.2) is 40.2 Å². The van der Waals surface area contributed by atoms with Gasteiger partial charge in [0.15, 0.2) is 0 Å². The summed E-state index contributed by atoms with van der Waals surface area (Å²) in [5.41, 5.74) is 5.40. The van der Waals surface area contributed by atoms with Crippen molar-refractivity contribution in [2.24, 2.45) is 16.8 Å². The molecule has 0 spiro atoms. The first-order chi connectivity index (χ1) is 6.15. The lowest BCUT2D eigenvalue weighted by atomic mass is 9.96. The Morgan fingerprint density at radius 3 is 2.38 bits per heavy atom. The van der Waals surface area contributed by atoms with E-state index in [1.54, 1.807) is 0 Å². The molecule has 0 unspecified atom stereocenters. The van der Waals surface area contributed by atoms with Gasteiger partial charge in [0.2, 0.25) is 0 Å². The van der Waals surface area contributed by atoms with Crippen LogP contribution in [0.2, 0.25) is 0 Å². The molecule has 1 aliphatic heterocycles. The summed E-state index contributed by atoms with van der Waals surface area (Å²) in [7, 11) is 0. The summed E-state index contributed by atoms with van der Waals surface area (Å²) in [6, 6.07) is 0. The van der Waals surface area contributed by atoms with Crippen molar-refractivity contribution in [3.63, 3.8) is 0 Å². The van der Waals surface area contributed by atoms with Crippen LogP contribution >= 0.6 is 0 Å². The number of amides is 1. The molecule has 0 aromatic heterocycles. The Hall–Kier alpha value is -1.46. The number of likely N-dealkylation sites (tertiary alicyclic amines) is 1. The summed E-state index contributed by atoms with van der Waals surface area (Å²) in [6.45, 7) is 0.909. The van der Waals surface area contributed by atoms with Gasteiger partial charge in [-0.25, -0.2) is 4.79 Å². The molecular weight excluding hydrogens is 174 g/mol. The lowest BCUT2D eigenvalue weighted by molar-refractivity contribution is 0.130. The topological polar surface area (TPSA) is 99.2 Å². The van der Waals surface area contributed by atoms with Gasteiger partial charge < -0.3 is 20.9 Å². The summed E-state index contributed by atoms with van der Waals surface area (Å²) >= 11 is 0. The fourth-order valence-corrected chi connectivity index (χ4v) is 1.45. The molecule has 0 aromatic rings. The Morgan fingerprint density at radius 2 is 2.00 bits per heavy atom. The molecule has 6 heteroatoms. The van der Waals surface area contributed by atoms with E-state index in [2.05, 4.69) is 5.16 Å². The first-order valence-corrected chi connectivity index (χ1v) is 4.10. The van der Waals surface area contributed by atoms with Crippen LogP contribution in [0.1, 0.15) is 12.8 Å². The second-order valence-corrected chi connectivity index (χ2v) is 3.07. The van der Waals surface area contributed by atoms with Crippen LogP contribution in [0.15, 0.2) is 5.16 Å². The highest BCUT2D eigenvalue weighted by Crippen LogP contribution is 2.16. The van der Waals surface area contributed by atoms with Gasteiger partial charge in [-0.2, -0.15) is 0 Å². The molecule has 6 nitrogen and oxygen atoms in total. The van der Waals surface area contributed by atoms with E-state index in [-0.39, 0.29) is 11.8 Å². The van der Waals surface area contributed by atoms with Crippen molar-refractivity contribution in [1.29, 1.82) is 0 Å². The lowest BCUT2D eigenvalue weighted by Crippen LogP contribution is -2.41. The van der Waals surface area contributed by atoms with Gasteiger partial charge in [0.1, 0.15) is 5.84 Å². The van der Waals surface area contributed by atoms with Crippen LogP contribution in [-0.2, 0) is 0 Å². The number of carbonyl (C=O) groups is 1. The maximum Gasteiger partial charge on any atom is 0.407 e. The Balaban J connectivity index is 2.43. The van der Waals surface area contributed by atoms with Gasteiger partial charge in [0, 0.05) is 19.0 Å². The summed E-state index contributed by atoms with van der Waals surface area (Å²) in [5, 5.41) is 19.9. The fraction of sp³-hybridized carbons (Fsp3) is 0.714. The predicted molar refractivity (Wildman–Crippen MR) is 45.7 cm³/mol. The van der Waals surface area contributed by atoms with Crippen molar-refractivity contribution in [1.82, 2.24) is 4.90 Å². The van der Waals surface area contributed by atoms with Crippen molar-refractivity contribution in [2.45, 2.75) is 12.8 Å². The van der Waals surface area contributed by atoms with E-state index in [0.717, 1.165) is 0 Å². The molecule has 13 heavy (non-hydrogen) atoms. The first kappa shape index (κ1) is 9.63. The molecule has 0 aliphatic carbocycles. The maximum absolute atomic E-state index is 10.5. The molecule has 1 saturated heterocycles. The summed E-state index contributed by atoms with van der Waals surface area (Å²) in [6.07, 6.45) is 0.350. The molecule has 1 heterocycles. The third-order valence-electron chi connectivity index (χ3n) is 2.30. The van der Waals surface area contributed by atoms with Crippen LogP contribution in [0.25, 0.3) is 0 Å². The van der Waals surface area contributed by atoms with Gasteiger partial charge in [-0.1, -0.05) is 5.16 Å². The zero-order valence-electron chi connectivity index (χ0n) is 7.18. The average Bonchev–Trinajstić information content (AvgIpc) is 2.17. The number of amidine groups is 1. The molecule has 74 valence electrons. The largest absolute Gasteiger partial charge is 0.465 e. The van der Waals surface area contributed by atoms with E-state index in [1.165, 1.54) is 4.90 Å². The minimum atomic E-state index is -0.905. The van der Waals surface area contributed by atoms with E-state index < -0.39 is 6.09 Å². The molecule has 0 radical (unpaired) electrons. The number of nitrogens with two attached hydrogens (primary N) is 1. The number of carboxylic acid groups (broad SMARTS) is 1. The van der Waals surface area contributed by atoms with Gasteiger partial charge in [-0.3, -0.25) is 0 Å². The van der Waals surface area contributed by atoms with Crippen LogP contribution in [0.4, 0.5) is 4.79 Å². The standard InChI is InChI=1S/C7H13N3O3/c8-6(9-13)5-1-3-10(4-2-5)7(11)12/h5,13H,1-4H2,(H2,8,9)(H,11,12). The van der Waals surface area contributed by atoms with Gasteiger partial charge in [0.25, 0.3) is 0 Å². The highest BCUT2D eigenvalue weighted by Gasteiger charge is 2.24. The number of hydrogen-bond donors (Lipinski definition) is 3. The van der Waals surface area contributed by atoms with Crippen molar-refractivity contribution >= 4 is 11.9 Å². The average molecular weight is 187 g/mol. The van der Waals surface area contributed by atoms with Gasteiger partial charge in [0.05, 0.1) is 0 Å². The third-order valence-corrected chi connectivity index (χ3v) is 2.30. The third kappa shape index (κ3) is 2.24. The molecule has 1 amide bonds. The SMILES string of the molecule is N/C(=N/O)C1CCN(C(=O)O)CC1. The molecule has 4 N–H and O–H groups in total. The highest BCUT2D eigenvalue weighted by molar-refractivity contribution is 5.82. The monoisotopic (exact) mass is 187 g/mol. The Labute approximate surface area is 75.6 Å². The quantitative estimate of drug-likeness (QED) is 0.235. The summed E-state index contributed by atoms with van der Waals surface area (Å²) in [5.74, 6) is 0.214. The molecular formula is C7H13N3O3. The van der Waals surface area contributed by atoms with Gasteiger partial charge >= 0.3 is 6.09 Å². The molecule has 1 fully saturated rings. The van der Waals surface area contributed by atoms with Crippen molar-refractivity contribution in [2.75, 3.05) is 13.1 Å². The zero-order valence-corrected chi connectivity index (χ0v) is 7.18. The molecule has 0 aromatic carbocycles. The van der Waals surface area contributed by atoms with Crippen LogP contribution < -0.4 is 5.73 Å². The van der Waals surface area contributed by atoms with Crippen molar-refractivity contribution in [3.05, 3.63) is 0 Å². The van der Waals surface area contributed by atoms with Gasteiger partial charge in [-0.15, -0.1) is 0 Å². The molecule has 0 atom stereocenters. The second kappa shape index (κ2) is 3.97. The normalized spacial score (nSPS) is 20.3. The zero-order chi connectivity index (χ0) is 9.84. The number of nitrogens with zero attached hydrogens (tertiary/aromatic N) is 2. The number of oxime groups is 1. The smallest absolute Gasteiger partial charge is 0.407 e. The number of rotatable bonds is 1. The van der Waals surface area contributed by atoms with E-state index in [1.807, 2.05) is 0 Å². The van der Waals surface area contributed by atoms with Crippen molar-refractivity contribution in [3.8, 4) is 0 Å². The molecule has 1 aliphatic rings. The summed E-state index contributed by atoms with van der Waals surface area (Å²) in [4.78, 5) is 11.8. The number of piperidine rings is 1. The molecule has 1 rings (SSSR count). The number of hydrogen-bond acceptors (Lipinski definition) is 3. The van der Waals surface area contributed by atoms with Crippen LogP contribution in [0, 0.1) is 5.92 Å². The Kier molecular flexibility index (Phi) is 2.94. The Bertz CT molecular complexity index is 221. The van der Waals surface area contributed by atoms with E-state index in [9.17, 15) is 4.79 Å². The predicted octanol–water partition coefficient (Wildman–Crippen LogP) is 0.123. The van der Waals surface area contributed by atoms with Crippen LogP contribution in [0.3, 0.4) is 0 Å². The fourth-order valence-electron chi connectivity index (χ4n) is 1.45. The van der Waals surface area contributed by atoms with E-state index in [4.69, 9.17) is 16.0 Å². The minimum absolute atomic E-state index is 0.0144. The Morgan fingerprint density at radius 1 is 1.46 bits per heavy atom. The van der Waals surface area contributed by atoms with E-state index >= 15 is 0 Å².